The van der Waals surface area contributed by atoms with Crippen LogP contribution in [0.25, 0.3) is 0 Å². The van der Waals surface area contributed by atoms with Gasteiger partial charge in [0.2, 0.25) is 0 Å². The van der Waals surface area contributed by atoms with Crippen molar-refractivity contribution < 1.29 is 0 Å². The molecule has 0 saturated carbocycles. The molecule has 22 heavy (non-hydrogen) atoms. The zero-order chi connectivity index (χ0) is 14.5. The highest BCUT2D eigenvalue weighted by Gasteiger charge is 2.23. The molecule has 2 N–H and O–H groups in total. The number of rotatable bonds is 4. The van der Waals surface area contributed by atoms with Crippen molar-refractivity contribution in [3.8, 4) is 0 Å². The third-order valence-electron chi connectivity index (χ3n) is 4.62. The monoisotopic (exact) mass is 387 g/mol. The SMILES string of the molecule is Brc1cccc(NC2CCCN(CC3CCCNC3)C2)c1.Cl. The maximum Gasteiger partial charge on any atom is 0.0388 e. The van der Waals surface area contributed by atoms with E-state index in [9.17, 15) is 0 Å². The fourth-order valence-corrected chi connectivity index (χ4v) is 4.00. The van der Waals surface area contributed by atoms with Crippen LogP contribution in [0.15, 0.2) is 28.7 Å². The van der Waals surface area contributed by atoms with Gasteiger partial charge in [-0.1, -0.05) is 22.0 Å². The summed E-state index contributed by atoms with van der Waals surface area (Å²) in [4.78, 5) is 2.66. The lowest BCUT2D eigenvalue weighted by Gasteiger charge is -2.36. The number of anilines is 1. The molecular formula is C17H27BrClN3. The van der Waals surface area contributed by atoms with Crippen LogP contribution in [0.2, 0.25) is 0 Å². The highest BCUT2D eigenvalue weighted by atomic mass is 79.9. The Hall–Kier alpha value is -0.290. The summed E-state index contributed by atoms with van der Waals surface area (Å²) in [7, 11) is 0. The third-order valence-corrected chi connectivity index (χ3v) is 5.11. The zero-order valence-electron chi connectivity index (χ0n) is 13.1. The maximum absolute atomic E-state index is 3.70. The highest BCUT2D eigenvalue weighted by molar-refractivity contribution is 9.10. The Morgan fingerprint density at radius 2 is 2.18 bits per heavy atom. The van der Waals surface area contributed by atoms with E-state index in [1.807, 2.05) is 0 Å². The van der Waals surface area contributed by atoms with Crippen LogP contribution in [-0.4, -0.2) is 43.7 Å². The van der Waals surface area contributed by atoms with Crippen LogP contribution < -0.4 is 10.6 Å². The fraction of sp³-hybridized carbons (Fsp3) is 0.647. The second-order valence-corrected chi connectivity index (χ2v) is 7.38. The maximum atomic E-state index is 3.70. The summed E-state index contributed by atoms with van der Waals surface area (Å²) in [5, 5.41) is 7.24. The average molecular weight is 389 g/mol. The number of nitrogens with zero attached hydrogens (tertiary/aromatic N) is 1. The van der Waals surface area contributed by atoms with Gasteiger partial charge in [0.15, 0.2) is 0 Å². The molecule has 3 rings (SSSR count). The molecule has 2 aliphatic rings. The zero-order valence-corrected chi connectivity index (χ0v) is 15.5. The topological polar surface area (TPSA) is 27.3 Å². The number of nitrogens with one attached hydrogen (secondary N) is 2. The molecule has 2 unspecified atom stereocenters. The third kappa shape index (κ3) is 5.41. The minimum absolute atomic E-state index is 0. The molecule has 0 bridgehead atoms. The molecule has 2 saturated heterocycles. The summed E-state index contributed by atoms with van der Waals surface area (Å²) in [5.74, 6) is 0.850. The summed E-state index contributed by atoms with van der Waals surface area (Å²) in [6.45, 7) is 6.14. The van der Waals surface area contributed by atoms with E-state index in [1.165, 1.54) is 64.1 Å². The van der Waals surface area contributed by atoms with Crippen LogP contribution in [0.4, 0.5) is 5.69 Å². The molecule has 5 heteroatoms. The number of benzene rings is 1. The van der Waals surface area contributed by atoms with Gasteiger partial charge in [0.25, 0.3) is 0 Å². The first-order chi connectivity index (χ1) is 10.3. The van der Waals surface area contributed by atoms with E-state index in [-0.39, 0.29) is 12.4 Å². The van der Waals surface area contributed by atoms with Crippen molar-refractivity contribution in [3.63, 3.8) is 0 Å². The van der Waals surface area contributed by atoms with E-state index in [0.717, 1.165) is 10.4 Å². The lowest BCUT2D eigenvalue weighted by molar-refractivity contribution is 0.171. The summed E-state index contributed by atoms with van der Waals surface area (Å²) in [6.07, 6.45) is 5.34. The number of likely N-dealkylation sites (tertiary alicyclic amines) is 1. The van der Waals surface area contributed by atoms with E-state index < -0.39 is 0 Å². The van der Waals surface area contributed by atoms with Crippen molar-refractivity contribution in [1.29, 1.82) is 0 Å². The molecule has 1 aromatic carbocycles. The van der Waals surface area contributed by atoms with E-state index >= 15 is 0 Å². The molecule has 0 spiro atoms. The van der Waals surface area contributed by atoms with Crippen LogP contribution in [0, 0.1) is 5.92 Å². The lowest BCUT2D eigenvalue weighted by Crippen LogP contribution is -2.46. The van der Waals surface area contributed by atoms with Gasteiger partial charge in [0.1, 0.15) is 0 Å². The molecule has 0 aromatic heterocycles. The number of halogens is 2. The van der Waals surface area contributed by atoms with Gasteiger partial charge in [-0.3, -0.25) is 0 Å². The van der Waals surface area contributed by atoms with E-state index in [1.54, 1.807) is 0 Å². The number of hydrogen-bond acceptors (Lipinski definition) is 3. The summed E-state index contributed by atoms with van der Waals surface area (Å²) >= 11 is 3.55. The van der Waals surface area contributed by atoms with Gasteiger partial charge >= 0.3 is 0 Å². The van der Waals surface area contributed by atoms with E-state index in [2.05, 4.69) is 55.7 Å². The largest absolute Gasteiger partial charge is 0.381 e. The van der Waals surface area contributed by atoms with Gasteiger partial charge in [0.05, 0.1) is 0 Å². The Morgan fingerprint density at radius 1 is 1.27 bits per heavy atom. The van der Waals surface area contributed by atoms with Crippen molar-refractivity contribution in [3.05, 3.63) is 28.7 Å². The van der Waals surface area contributed by atoms with Crippen molar-refractivity contribution in [2.45, 2.75) is 31.7 Å². The average Bonchev–Trinajstić information content (AvgIpc) is 2.49. The molecule has 2 aliphatic heterocycles. The van der Waals surface area contributed by atoms with Gasteiger partial charge in [-0.25, -0.2) is 0 Å². The van der Waals surface area contributed by atoms with E-state index in [0.29, 0.717) is 6.04 Å². The summed E-state index contributed by atoms with van der Waals surface area (Å²) in [6, 6.07) is 9.10. The van der Waals surface area contributed by atoms with Gasteiger partial charge in [0, 0.05) is 29.3 Å². The first-order valence-corrected chi connectivity index (χ1v) is 9.04. The predicted octanol–water partition coefficient (Wildman–Crippen LogP) is 3.75. The first-order valence-electron chi connectivity index (χ1n) is 8.25. The number of hydrogen-bond donors (Lipinski definition) is 2. The molecule has 2 heterocycles. The second-order valence-electron chi connectivity index (χ2n) is 6.47. The minimum Gasteiger partial charge on any atom is -0.381 e. The predicted molar refractivity (Wildman–Crippen MR) is 100 cm³/mol. The van der Waals surface area contributed by atoms with Gasteiger partial charge in [-0.15, -0.1) is 12.4 Å². The molecular weight excluding hydrogens is 362 g/mol. The van der Waals surface area contributed by atoms with Crippen molar-refractivity contribution in [2.75, 3.05) is 38.0 Å². The molecule has 1 aromatic rings. The first kappa shape index (κ1) is 18.1. The minimum atomic E-state index is 0. The number of piperidine rings is 2. The lowest BCUT2D eigenvalue weighted by atomic mass is 9.97. The molecule has 124 valence electrons. The Labute approximate surface area is 148 Å². The normalized spacial score (nSPS) is 26.2. The van der Waals surface area contributed by atoms with Gasteiger partial charge in [-0.2, -0.15) is 0 Å². The molecule has 0 aliphatic carbocycles. The summed E-state index contributed by atoms with van der Waals surface area (Å²) in [5.41, 5.74) is 1.23. The molecule has 0 radical (unpaired) electrons. The molecule has 0 amide bonds. The molecule has 2 fully saturated rings. The highest BCUT2D eigenvalue weighted by Crippen LogP contribution is 2.21. The smallest absolute Gasteiger partial charge is 0.0388 e. The Balaban J connectivity index is 0.00000176. The van der Waals surface area contributed by atoms with Crippen LogP contribution in [0.5, 0.6) is 0 Å². The van der Waals surface area contributed by atoms with Crippen LogP contribution in [0.3, 0.4) is 0 Å². The van der Waals surface area contributed by atoms with Gasteiger partial charge in [-0.05, 0) is 69.4 Å². The van der Waals surface area contributed by atoms with Gasteiger partial charge < -0.3 is 15.5 Å². The van der Waals surface area contributed by atoms with Crippen LogP contribution >= 0.6 is 28.3 Å². The standard InChI is InChI=1S/C17H26BrN3.ClH/c18-15-5-1-6-16(10-15)20-17-7-3-9-21(13-17)12-14-4-2-8-19-11-14;/h1,5-6,10,14,17,19-20H,2-4,7-9,11-13H2;1H. The quantitative estimate of drug-likeness (QED) is 0.822. The molecule has 3 nitrogen and oxygen atoms in total. The second kappa shape index (κ2) is 9.11. The Kier molecular flexibility index (Phi) is 7.48. The Morgan fingerprint density at radius 3 is 2.95 bits per heavy atom. The van der Waals surface area contributed by atoms with E-state index in [4.69, 9.17) is 0 Å². The van der Waals surface area contributed by atoms with Crippen molar-refractivity contribution in [1.82, 2.24) is 10.2 Å². The van der Waals surface area contributed by atoms with Crippen LogP contribution in [0.1, 0.15) is 25.7 Å². The van der Waals surface area contributed by atoms with Crippen molar-refractivity contribution in [2.24, 2.45) is 5.92 Å². The summed E-state index contributed by atoms with van der Waals surface area (Å²) < 4.78 is 1.15. The Bertz CT molecular complexity index is 451. The molecule has 2 atom stereocenters. The van der Waals surface area contributed by atoms with Crippen LogP contribution in [-0.2, 0) is 0 Å². The van der Waals surface area contributed by atoms with Crippen molar-refractivity contribution >= 4 is 34.0 Å². The fourth-order valence-electron chi connectivity index (χ4n) is 3.60.